The summed E-state index contributed by atoms with van der Waals surface area (Å²) in [5.41, 5.74) is 30.7. The van der Waals surface area contributed by atoms with Crippen LogP contribution in [0.25, 0.3) is 48.9 Å². The Kier molecular flexibility index (Phi) is 5.11. The van der Waals surface area contributed by atoms with Crippen molar-refractivity contribution in [1.82, 2.24) is 0 Å². The normalized spacial score (nSPS) is 10.3. The van der Waals surface area contributed by atoms with Crippen molar-refractivity contribution in [2.24, 2.45) is 0 Å². The molecule has 0 saturated heterocycles. The van der Waals surface area contributed by atoms with Crippen LogP contribution in [0.2, 0.25) is 0 Å². The minimum atomic E-state index is 0.775. The maximum absolute atomic E-state index is 6.75. The topological polar surface area (TPSA) is 115 Å². The summed E-state index contributed by atoms with van der Waals surface area (Å²) in [6, 6.07) is 22.7. The van der Waals surface area contributed by atoms with E-state index in [-0.39, 0.29) is 0 Å². The number of rotatable bonds is 2. The molecule has 0 spiro atoms. The fourth-order valence-electron chi connectivity index (χ4n) is 3.49. The molecule has 4 aromatic rings. The highest BCUT2D eigenvalue weighted by Gasteiger charge is 2.22. The molecular weight excluding hydrogens is 336 g/mol. The van der Waals surface area contributed by atoms with Gasteiger partial charge in [-0.3, -0.25) is 4.91 Å². The maximum Gasteiger partial charge on any atom is 0.220 e. The second-order valence-electron chi connectivity index (χ2n) is 6.13. The number of hydrogen-bond donors (Lipinski definition) is 2. The molecule has 0 bridgehead atoms. The van der Waals surface area contributed by atoms with Crippen molar-refractivity contribution in [3.05, 3.63) is 82.7 Å². The molecule has 4 rings (SSSR count). The van der Waals surface area contributed by atoms with Crippen LogP contribution in [0, 0.1) is 0 Å². The Bertz CT molecular complexity index is 1150. The van der Waals surface area contributed by atoms with Crippen LogP contribution in [-0.4, -0.2) is 0 Å². The molecule has 0 saturated carbocycles. The van der Waals surface area contributed by atoms with E-state index in [1.54, 1.807) is 0 Å². The Morgan fingerprint density at radius 1 is 0.815 bits per heavy atom. The summed E-state index contributed by atoms with van der Waals surface area (Å²) in [7, 11) is 0. The average Bonchev–Trinajstić information content (AvgIpc) is 2.68. The van der Waals surface area contributed by atoms with Gasteiger partial charge in [-0.15, -0.1) is 0 Å². The molecule has 3 aromatic carbocycles. The van der Waals surface area contributed by atoms with Crippen LogP contribution in [0.5, 0.6) is 0 Å². The lowest BCUT2D eigenvalue weighted by Gasteiger charge is -2.12. The molecule has 0 radical (unpaired) electrons. The van der Waals surface area contributed by atoms with Crippen LogP contribution in [0.3, 0.4) is 0 Å². The van der Waals surface area contributed by atoms with Crippen molar-refractivity contribution in [1.29, 1.82) is 0 Å². The Hall–Kier alpha value is -3.76. The highest BCUT2D eigenvalue weighted by Crippen LogP contribution is 2.33. The van der Waals surface area contributed by atoms with E-state index in [1.807, 2.05) is 18.2 Å². The van der Waals surface area contributed by atoms with Gasteiger partial charge in [0.15, 0.2) is 0 Å². The fourth-order valence-corrected chi connectivity index (χ4v) is 3.49. The summed E-state index contributed by atoms with van der Waals surface area (Å²) in [5.74, 6) is 0. The molecule has 6 heteroatoms. The largest absolute Gasteiger partial charge is 0.399 e. The van der Waals surface area contributed by atoms with Gasteiger partial charge in [0, 0.05) is 28.4 Å². The van der Waals surface area contributed by atoms with Crippen molar-refractivity contribution >= 4 is 33.1 Å². The molecule has 0 aliphatic heterocycles. The lowest BCUT2D eigenvalue weighted by molar-refractivity contribution is -0.655. The molecule has 0 amide bonds. The first kappa shape index (κ1) is 18.0. The summed E-state index contributed by atoms with van der Waals surface area (Å²) < 4.78 is 2.32. The van der Waals surface area contributed by atoms with E-state index >= 15 is 0 Å². The van der Waals surface area contributed by atoms with E-state index in [0.717, 1.165) is 23.4 Å². The minimum Gasteiger partial charge on any atom is -0.399 e. The zero-order valence-electron chi connectivity index (χ0n) is 15.0. The first-order valence-corrected chi connectivity index (χ1v) is 8.58. The van der Waals surface area contributed by atoms with Gasteiger partial charge in [-0.2, -0.15) is 4.57 Å². The van der Waals surface area contributed by atoms with Crippen LogP contribution >= 0.6 is 0 Å². The van der Waals surface area contributed by atoms with Gasteiger partial charge in [0.2, 0.25) is 11.2 Å². The number of anilines is 2. The van der Waals surface area contributed by atoms with Gasteiger partial charge >= 0.3 is 0 Å². The third kappa shape index (κ3) is 3.34. The van der Waals surface area contributed by atoms with Crippen molar-refractivity contribution in [3.63, 3.8) is 0 Å². The summed E-state index contributed by atoms with van der Waals surface area (Å²) in [4.78, 5) is 1.50. The van der Waals surface area contributed by atoms with Gasteiger partial charge in [0.25, 0.3) is 0 Å². The lowest BCUT2D eigenvalue weighted by Crippen LogP contribution is -2.36. The molecule has 0 aliphatic rings. The predicted octanol–water partition coefficient (Wildman–Crippen LogP) is 5.00. The van der Waals surface area contributed by atoms with Crippen LogP contribution < -0.4 is 16.0 Å². The zero-order chi connectivity index (χ0) is 19.4. The first-order valence-electron chi connectivity index (χ1n) is 8.58. The number of pyridine rings is 1. The number of nitrogens with zero attached hydrogens (tertiary/aromatic N) is 4. The van der Waals surface area contributed by atoms with Gasteiger partial charge < -0.3 is 22.5 Å². The number of fused-ring (bicyclic) bond motifs is 3. The fraction of sp³-hybridized carbons (Fsp3) is 0.0952. The second-order valence-corrected chi connectivity index (χ2v) is 6.13. The van der Waals surface area contributed by atoms with E-state index in [0.29, 0.717) is 0 Å². The molecule has 0 atom stereocenters. The SMILES string of the molecule is CC[n+]1c(-c2ccccc2)c2cc(N)ccc2c2ccc(N)cc21.[N-]=[N+]=[N-]. The van der Waals surface area contributed by atoms with E-state index < -0.39 is 0 Å². The summed E-state index contributed by atoms with van der Waals surface area (Å²) in [6.45, 7) is 3.02. The molecule has 1 heterocycles. The standard InChI is InChI=1S/C21H19N3.N3/c1-2-24-20-13-16(23)9-11-18(20)17-10-8-15(22)12-19(17)21(24)14-6-4-3-5-7-14;1-3-2/h3-13,23H,2,22H2,1H3;/q;-1/p+1. The molecule has 0 unspecified atom stereocenters. The smallest absolute Gasteiger partial charge is 0.220 e. The molecule has 6 nitrogen and oxygen atoms in total. The highest BCUT2D eigenvalue weighted by atomic mass is 15.0. The van der Waals surface area contributed by atoms with Crippen LogP contribution in [-0.2, 0) is 6.54 Å². The van der Waals surface area contributed by atoms with Crippen LogP contribution in [0.4, 0.5) is 11.4 Å². The number of hydrogen-bond acceptors (Lipinski definition) is 2. The molecule has 0 aliphatic carbocycles. The van der Waals surface area contributed by atoms with E-state index in [4.69, 9.17) is 22.5 Å². The second kappa shape index (κ2) is 7.64. The molecule has 1 aromatic heterocycles. The molecule has 4 N–H and O–H groups in total. The third-order valence-corrected chi connectivity index (χ3v) is 4.53. The summed E-state index contributed by atoms with van der Waals surface area (Å²) in [5, 5.41) is 3.56. The monoisotopic (exact) mass is 356 g/mol. The van der Waals surface area contributed by atoms with Crippen molar-refractivity contribution in [3.8, 4) is 11.3 Å². The Morgan fingerprint density at radius 2 is 1.41 bits per heavy atom. The molecule has 134 valence electrons. The van der Waals surface area contributed by atoms with Crippen LogP contribution in [0.1, 0.15) is 6.92 Å². The maximum atomic E-state index is 6.75. The van der Waals surface area contributed by atoms with Crippen molar-refractivity contribution in [2.75, 3.05) is 11.5 Å². The number of nitrogen functional groups attached to an aromatic ring is 2. The number of aromatic nitrogens is 1. The van der Waals surface area contributed by atoms with Gasteiger partial charge in [-0.05, 0) is 43.3 Å². The average molecular weight is 356 g/mol. The lowest BCUT2D eigenvalue weighted by atomic mass is 9.98. The summed E-state index contributed by atoms with van der Waals surface area (Å²) >= 11 is 0. The Morgan fingerprint density at radius 3 is 2.04 bits per heavy atom. The van der Waals surface area contributed by atoms with Gasteiger partial charge in [-0.25, -0.2) is 0 Å². The third-order valence-electron chi connectivity index (χ3n) is 4.53. The highest BCUT2D eigenvalue weighted by molar-refractivity contribution is 6.10. The van der Waals surface area contributed by atoms with Crippen molar-refractivity contribution < 1.29 is 4.57 Å². The Labute approximate surface area is 157 Å². The van der Waals surface area contributed by atoms with Gasteiger partial charge in [0.1, 0.15) is 6.54 Å². The van der Waals surface area contributed by atoms with Crippen molar-refractivity contribution in [2.45, 2.75) is 13.5 Å². The zero-order valence-corrected chi connectivity index (χ0v) is 15.0. The molecule has 0 fully saturated rings. The van der Waals surface area contributed by atoms with E-state index in [9.17, 15) is 0 Å². The summed E-state index contributed by atoms with van der Waals surface area (Å²) in [6.07, 6.45) is 0. The first-order chi connectivity index (χ1) is 13.1. The Balaban J connectivity index is 0.000000659. The molecular formula is C21H20N6. The van der Waals surface area contributed by atoms with Gasteiger partial charge in [-0.1, -0.05) is 24.3 Å². The van der Waals surface area contributed by atoms with Gasteiger partial charge in [0.05, 0.1) is 10.8 Å². The minimum absolute atomic E-state index is 0.775. The number of benzene rings is 3. The van der Waals surface area contributed by atoms with E-state index in [1.165, 1.54) is 32.3 Å². The number of aryl methyl sites for hydroxylation is 1. The predicted molar refractivity (Wildman–Crippen MR) is 112 cm³/mol. The van der Waals surface area contributed by atoms with Crippen LogP contribution in [0.15, 0.2) is 66.7 Å². The molecule has 27 heavy (non-hydrogen) atoms. The quantitative estimate of drug-likeness (QED) is 0.131. The van der Waals surface area contributed by atoms with E-state index in [2.05, 4.69) is 60.0 Å². The number of nitrogens with two attached hydrogens (primary N) is 2.